The lowest BCUT2D eigenvalue weighted by molar-refractivity contribution is -0.403. The highest BCUT2D eigenvalue weighted by Crippen LogP contribution is 2.76. The quantitative estimate of drug-likeness (QED) is 0.0396. The van der Waals surface area contributed by atoms with Gasteiger partial charge in [-0.2, -0.15) is 8.42 Å². The molecule has 4 aliphatic carbocycles. The van der Waals surface area contributed by atoms with Gasteiger partial charge in [0.05, 0.1) is 49.7 Å². The molecule has 31 unspecified atom stereocenters. The molecule has 0 aromatic rings. The molecule has 6 aliphatic heterocycles. The predicted molar refractivity (Wildman–Crippen MR) is 299 cm³/mol. The van der Waals surface area contributed by atoms with E-state index in [0.717, 1.165) is 19.3 Å². The van der Waals surface area contributed by atoms with Gasteiger partial charge in [-0.05, 0) is 95.3 Å². The molecule has 0 radical (unpaired) electrons. The third-order valence-electron chi connectivity index (χ3n) is 21.9. The van der Waals surface area contributed by atoms with Gasteiger partial charge in [0.25, 0.3) is 0 Å². The highest BCUT2D eigenvalue weighted by Gasteiger charge is 2.76. The number of methoxy groups -OCH3 is 1. The van der Waals surface area contributed by atoms with E-state index in [1.54, 1.807) is 19.9 Å². The van der Waals surface area contributed by atoms with E-state index in [1.165, 1.54) is 19.6 Å². The molecule has 30 heteroatoms. The summed E-state index contributed by atoms with van der Waals surface area (Å²) in [7, 11) is -4.09. The zero-order chi connectivity index (χ0) is 65.0. The molecule has 6 heterocycles. The number of hydrogen-bond acceptors (Lipinski definition) is 28. The number of rotatable bonds is 18. The number of aliphatic hydroxyl groups excluding tert-OH is 11. The fourth-order valence-electron chi connectivity index (χ4n) is 17.2. The zero-order valence-corrected chi connectivity index (χ0v) is 52.4. The topological polar surface area (TPSA) is 434 Å². The van der Waals surface area contributed by atoms with Crippen LogP contribution in [0.5, 0.6) is 0 Å². The second kappa shape index (κ2) is 25.8. The van der Waals surface area contributed by atoms with Gasteiger partial charge in [-0.15, -0.1) is 0 Å². The van der Waals surface area contributed by atoms with Gasteiger partial charge in [-0.25, -0.2) is 4.18 Å². The van der Waals surface area contributed by atoms with Crippen molar-refractivity contribution in [2.75, 3.05) is 33.5 Å². The van der Waals surface area contributed by atoms with Gasteiger partial charge < -0.3 is 118 Å². The number of ether oxygens (including phenoxy) is 12. The van der Waals surface area contributed by atoms with Crippen molar-refractivity contribution in [1.29, 1.82) is 0 Å². The summed E-state index contributed by atoms with van der Waals surface area (Å²) < 4.78 is 112. The van der Waals surface area contributed by atoms with Crippen LogP contribution in [0.15, 0.2) is 23.8 Å². The molecule has 6 saturated heterocycles. The van der Waals surface area contributed by atoms with Crippen LogP contribution in [0, 0.1) is 39.4 Å². The van der Waals surface area contributed by atoms with E-state index in [9.17, 15) is 79.0 Å². The second-order valence-electron chi connectivity index (χ2n) is 28.1. The molecule has 10 aliphatic rings. The Kier molecular flexibility index (Phi) is 20.2. The van der Waals surface area contributed by atoms with E-state index in [-0.39, 0.29) is 29.1 Å². The SMILES string of the molecule is COC1C(O)C(CO)OC(OC2C(O)C(CO)OC(OC3C(C)OC(OC4C(OC5CCC6(C)C7CCC89C(=O)OC(C)(CC=CC(C)(C)O)C8CCC9(C)C7=CCC6C5(C)C)OCC(OS(=O)(=O)O)C4O)C(OC4OCC(O)C(O)C4O)C3O)C2O)C1O. The minimum Gasteiger partial charge on any atom is -0.458 e. The summed E-state index contributed by atoms with van der Waals surface area (Å²) in [6.07, 6.45) is -30.1. The maximum Gasteiger partial charge on any atom is 0.397 e. The van der Waals surface area contributed by atoms with Crippen LogP contribution in [-0.4, -0.2) is 272 Å². The standard InChI is InChI=1S/C59H94O29S/c1-25-43(83-50-42(70)45(37(65)30(22-61)81-50)84-49-41(69)44(76-9)36(64)29(21-60)80-49)40(68)47(85-48-39(67)35(63)28(62)23-77-48)52(79-25)86-46-38(66)31(88-89(73,74)75)24-78-51(46)82-34-15-18-56(6)26-13-20-59-33(58(8,87-53(59)71)17-10-16-54(2,3)72)14-19-57(59,7)27(26)11-12-32(56)55(34,4)5/h10-11,16,25-26,28-52,60-70,72H,12-15,17-24H2,1-9H3,(H,73,74,75). The largest absolute Gasteiger partial charge is 0.458 e. The molecule has 3 saturated carbocycles. The number of esters is 1. The molecule has 0 bridgehead atoms. The number of cyclic esters (lactones) is 1. The first-order valence-electron chi connectivity index (χ1n) is 30.9. The molecule has 0 aromatic heterocycles. The van der Waals surface area contributed by atoms with Crippen molar-refractivity contribution in [1.82, 2.24) is 0 Å². The van der Waals surface area contributed by atoms with E-state index in [1.807, 2.05) is 13.0 Å². The molecule has 9 fully saturated rings. The maximum absolute atomic E-state index is 14.5. The zero-order valence-electron chi connectivity index (χ0n) is 51.6. The van der Waals surface area contributed by atoms with E-state index >= 15 is 0 Å². The minimum atomic E-state index is -5.26. The molecule has 510 valence electrons. The van der Waals surface area contributed by atoms with Gasteiger partial charge >= 0.3 is 16.4 Å². The lowest BCUT2D eigenvalue weighted by Gasteiger charge is -2.64. The molecule has 29 nitrogen and oxygen atoms in total. The third-order valence-corrected chi connectivity index (χ3v) is 22.4. The smallest absolute Gasteiger partial charge is 0.397 e. The molecule has 13 N–H and O–H groups in total. The Bertz CT molecular complexity index is 2660. The van der Waals surface area contributed by atoms with Gasteiger partial charge in [0.2, 0.25) is 0 Å². The van der Waals surface area contributed by atoms with Crippen molar-refractivity contribution < 1.29 is 140 Å². The van der Waals surface area contributed by atoms with Crippen LogP contribution in [0.4, 0.5) is 0 Å². The van der Waals surface area contributed by atoms with Crippen molar-refractivity contribution in [2.24, 2.45) is 39.4 Å². The Balaban J connectivity index is 0.903. The van der Waals surface area contributed by atoms with Gasteiger partial charge in [0.1, 0.15) is 109 Å². The minimum absolute atomic E-state index is 0.0240. The van der Waals surface area contributed by atoms with E-state index in [2.05, 4.69) is 33.8 Å². The number of aliphatic hydroxyl groups is 12. The second-order valence-corrected chi connectivity index (χ2v) is 29.2. The summed E-state index contributed by atoms with van der Waals surface area (Å²) >= 11 is 0. The van der Waals surface area contributed by atoms with Crippen LogP contribution < -0.4 is 0 Å². The number of carbonyl (C=O) groups is 1. The molecule has 10 rings (SSSR count). The van der Waals surface area contributed by atoms with Crippen molar-refractivity contribution in [2.45, 2.75) is 265 Å². The molecule has 31 atom stereocenters. The van der Waals surface area contributed by atoms with Gasteiger partial charge in [-0.1, -0.05) is 51.5 Å². The highest BCUT2D eigenvalue weighted by molar-refractivity contribution is 7.80. The van der Waals surface area contributed by atoms with Gasteiger partial charge in [-0.3, -0.25) is 9.35 Å². The summed E-state index contributed by atoms with van der Waals surface area (Å²) in [6, 6.07) is 0. The van der Waals surface area contributed by atoms with Crippen molar-refractivity contribution in [3.05, 3.63) is 23.8 Å². The van der Waals surface area contributed by atoms with Crippen LogP contribution in [-0.2, 0) is 76.2 Å². The fraction of sp³-hybridized carbons (Fsp3) is 0.915. The molecule has 1 spiro atoms. The lowest BCUT2D eigenvalue weighted by Crippen LogP contribution is -2.68. The molecule has 0 amide bonds. The number of allylic oxidation sites excluding steroid dienone is 2. The van der Waals surface area contributed by atoms with Crippen molar-refractivity contribution in [3.63, 3.8) is 0 Å². The number of hydrogen-bond donors (Lipinski definition) is 13. The first kappa shape index (κ1) is 69.7. The molecule has 0 aromatic carbocycles. The Hall–Kier alpha value is -2.10. The lowest BCUT2D eigenvalue weighted by atomic mass is 9.41. The van der Waals surface area contributed by atoms with Gasteiger partial charge in [0.15, 0.2) is 31.5 Å². The van der Waals surface area contributed by atoms with Crippen molar-refractivity contribution in [3.8, 4) is 0 Å². The van der Waals surface area contributed by atoms with Crippen LogP contribution in [0.3, 0.4) is 0 Å². The van der Waals surface area contributed by atoms with Crippen molar-refractivity contribution >= 4 is 16.4 Å². The third kappa shape index (κ3) is 12.5. The predicted octanol–water partition coefficient (Wildman–Crippen LogP) is -2.13. The highest BCUT2D eigenvalue weighted by atomic mass is 32.3. The molecular weight excluding hydrogens is 1200 g/mol. The van der Waals surface area contributed by atoms with Crippen LogP contribution in [0.25, 0.3) is 0 Å². The Labute approximate surface area is 516 Å². The number of fused-ring (bicyclic) bond motifs is 4. The summed E-state index contributed by atoms with van der Waals surface area (Å²) in [5.74, 6) is -0.128. The Morgan fingerprint density at radius 2 is 1.25 bits per heavy atom. The van der Waals surface area contributed by atoms with E-state index in [4.69, 9.17) is 61.0 Å². The molecule has 89 heavy (non-hydrogen) atoms. The van der Waals surface area contributed by atoms with Crippen LogP contribution in [0.2, 0.25) is 0 Å². The monoisotopic (exact) mass is 1300 g/mol. The Morgan fingerprint density at radius 1 is 0.652 bits per heavy atom. The normalized spacial score (nSPS) is 51.0. The Morgan fingerprint density at radius 3 is 1.88 bits per heavy atom. The maximum atomic E-state index is 14.5. The summed E-state index contributed by atoms with van der Waals surface area (Å²) in [5.41, 5.74) is -2.64. The van der Waals surface area contributed by atoms with Crippen LogP contribution >= 0.6 is 0 Å². The van der Waals surface area contributed by atoms with E-state index in [0.29, 0.717) is 32.1 Å². The summed E-state index contributed by atoms with van der Waals surface area (Å²) in [4.78, 5) is 14.5. The summed E-state index contributed by atoms with van der Waals surface area (Å²) in [5, 5.41) is 132. The van der Waals surface area contributed by atoms with Crippen LogP contribution in [0.1, 0.15) is 107 Å². The average Bonchev–Trinajstić information content (AvgIpc) is 1.43. The molecular formula is C59H94O29S. The number of carbonyl (C=O) groups excluding carboxylic acids is 1. The summed E-state index contributed by atoms with van der Waals surface area (Å²) in [6.45, 7) is 12.6. The average molecular weight is 1300 g/mol. The first-order chi connectivity index (χ1) is 41.6. The first-order valence-corrected chi connectivity index (χ1v) is 32.3. The van der Waals surface area contributed by atoms with Gasteiger partial charge in [0, 0.05) is 24.9 Å². The van der Waals surface area contributed by atoms with E-state index < -0.39 is 212 Å². The fourth-order valence-corrected chi connectivity index (χ4v) is 17.7.